The van der Waals surface area contributed by atoms with Gasteiger partial charge in [0.15, 0.2) is 0 Å². The monoisotopic (exact) mass is 325 g/mol. The van der Waals surface area contributed by atoms with E-state index in [0.717, 1.165) is 25.8 Å². The number of hydrogen-bond donors (Lipinski definition) is 2. The Hall–Kier alpha value is -1.30. The van der Waals surface area contributed by atoms with Gasteiger partial charge in [0, 0.05) is 19.1 Å². The minimum atomic E-state index is -0.537. The first-order chi connectivity index (χ1) is 10.8. The number of carbonyl (C=O) groups excluding carboxylic acids is 2. The molecule has 0 aromatic carbocycles. The maximum Gasteiger partial charge on any atom is 0.410 e. The Morgan fingerprint density at radius 2 is 2.00 bits per heavy atom. The molecule has 0 aliphatic carbocycles. The summed E-state index contributed by atoms with van der Waals surface area (Å²) in [5, 5.41) is 6.47. The molecule has 132 valence electrons. The van der Waals surface area contributed by atoms with Gasteiger partial charge in [0.25, 0.3) is 0 Å². The summed E-state index contributed by atoms with van der Waals surface area (Å²) in [6.07, 6.45) is 3.46. The first kappa shape index (κ1) is 18.0. The van der Waals surface area contributed by atoms with Gasteiger partial charge in [-0.15, -0.1) is 0 Å². The molecule has 6 heteroatoms. The molecule has 0 spiro atoms. The number of carbonyl (C=O) groups is 2. The Morgan fingerprint density at radius 1 is 1.26 bits per heavy atom. The molecule has 0 aromatic heterocycles. The molecule has 2 amide bonds. The lowest BCUT2D eigenvalue weighted by atomic mass is 9.95. The summed E-state index contributed by atoms with van der Waals surface area (Å²) in [6.45, 7) is 9.92. The highest BCUT2D eigenvalue weighted by Gasteiger charge is 2.36. The smallest absolute Gasteiger partial charge is 0.410 e. The van der Waals surface area contributed by atoms with Crippen LogP contribution in [0.25, 0.3) is 0 Å². The standard InChI is InChI=1S/C17H31N3O3/c1-12-7-8-13(10-18-12)11-19-15(21)14-6-5-9-20(14)16(22)23-17(2,3)4/h12-14,18H,5-11H2,1-4H3,(H,19,21). The van der Waals surface area contributed by atoms with E-state index in [1.807, 2.05) is 20.8 Å². The van der Waals surface area contributed by atoms with Gasteiger partial charge in [0.1, 0.15) is 11.6 Å². The quantitative estimate of drug-likeness (QED) is 0.831. The van der Waals surface area contributed by atoms with Gasteiger partial charge in [0.2, 0.25) is 5.91 Å². The van der Waals surface area contributed by atoms with Crippen LogP contribution in [0.5, 0.6) is 0 Å². The molecule has 2 aliphatic heterocycles. The van der Waals surface area contributed by atoms with Crippen molar-refractivity contribution in [3.05, 3.63) is 0 Å². The summed E-state index contributed by atoms with van der Waals surface area (Å²) in [6, 6.07) is 0.180. The lowest BCUT2D eigenvalue weighted by Gasteiger charge is -2.30. The SMILES string of the molecule is CC1CCC(CNC(=O)C2CCCN2C(=O)OC(C)(C)C)CN1. The largest absolute Gasteiger partial charge is 0.444 e. The van der Waals surface area contributed by atoms with E-state index in [-0.39, 0.29) is 18.0 Å². The van der Waals surface area contributed by atoms with Crippen LogP contribution in [-0.4, -0.2) is 54.2 Å². The fraction of sp³-hybridized carbons (Fsp3) is 0.882. The molecule has 2 fully saturated rings. The highest BCUT2D eigenvalue weighted by Crippen LogP contribution is 2.21. The van der Waals surface area contributed by atoms with Crippen molar-refractivity contribution in [1.82, 2.24) is 15.5 Å². The summed E-state index contributed by atoms with van der Waals surface area (Å²) < 4.78 is 5.41. The zero-order valence-electron chi connectivity index (χ0n) is 14.9. The van der Waals surface area contributed by atoms with Crippen molar-refractivity contribution in [2.75, 3.05) is 19.6 Å². The van der Waals surface area contributed by atoms with Crippen LogP contribution < -0.4 is 10.6 Å². The Kier molecular flexibility index (Phi) is 5.89. The van der Waals surface area contributed by atoms with Gasteiger partial charge in [0.05, 0.1) is 0 Å². The summed E-state index contributed by atoms with van der Waals surface area (Å²) in [5.74, 6) is 0.429. The Labute approximate surface area is 139 Å². The number of hydrogen-bond acceptors (Lipinski definition) is 4. The van der Waals surface area contributed by atoms with Gasteiger partial charge in [-0.05, 0) is 65.8 Å². The molecule has 0 saturated carbocycles. The Morgan fingerprint density at radius 3 is 2.61 bits per heavy atom. The molecule has 6 nitrogen and oxygen atoms in total. The first-order valence-corrected chi connectivity index (χ1v) is 8.77. The number of ether oxygens (including phenoxy) is 1. The molecule has 2 rings (SSSR count). The van der Waals surface area contributed by atoms with Crippen molar-refractivity contribution in [3.8, 4) is 0 Å². The number of piperidine rings is 1. The van der Waals surface area contributed by atoms with Crippen molar-refractivity contribution < 1.29 is 14.3 Å². The van der Waals surface area contributed by atoms with Crippen LogP contribution in [0.4, 0.5) is 4.79 Å². The van der Waals surface area contributed by atoms with E-state index in [1.54, 1.807) is 4.90 Å². The van der Waals surface area contributed by atoms with Gasteiger partial charge in [-0.2, -0.15) is 0 Å². The van der Waals surface area contributed by atoms with Crippen molar-refractivity contribution in [2.24, 2.45) is 5.92 Å². The molecule has 3 unspecified atom stereocenters. The van der Waals surface area contributed by atoms with E-state index in [4.69, 9.17) is 4.74 Å². The van der Waals surface area contributed by atoms with Gasteiger partial charge in [-0.25, -0.2) is 4.79 Å². The maximum atomic E-state index is 12.5. The van der Waals surface area contributed by atoms with Crippen molar-refractivity contribution in [3.63, 3.8) is 0 Å². The van der Waals surface area contributed by atoms with E-state index in [9.17, 15) is 9.59 Å². The van der Waals surface area contributed by atoms with E-state index in [1.165, 1.54) is 0 Å². The molecule has 2 heterocycles. The minimum absolute atomic E-state index is 0.0491. The third-order valence-electron chi connectivity index (χ3n) is 4.51. The molecule has 2 N–H and O–H groups in total. The van der Waals surface area contributed by atoms with Gasteiger partial charge >= 0.3 is 6.09 Å². The first-order valence-electron chi connectivity index (χ1n) is 8.77. The van der Waals surface area contributed by atoms with Crippen molar-refractivity contribution >= 4 is 12.0 Å². The fourth-order valence-corrected chi connectivity index (χ4v) is 3.17. The van der Waals surface area contributed by atoms with Gasteiger partial charge < -0.3 is 15.4 Å². The molecular weight excluding hydrogens is 294 g/mol. The molecule has 3 atom stereocenters. The highest BCUT2D eigenvalue weighted by molar-refractivity contribution is 5.86. The maximum absolute atomic E-state index is 12.5. The predicted octanol–water partition coefficient (Wildman–Crippen LogP) is 1.89. The number of nitrogens with one attached hydrogen (secondary N) is 2. The molecular formula is C17H31N3O3. The Balaban J connectivity index is 1.82. The van der Waals surface area contributed by atoms with E-state index in [0.29, 0.717) is 31.5 Å². The molecule has 2 aliphatic rings. The average molecular weight is 325 g/mol. The topological polar surface area (TPSA) is 70.7 Å². The Bertz CT molecular complexity index is 425. The normalized spacial score (nSPS) is 28.5. The number of rotatable bonds is 3. The molecule has 23 heavy (non-hydrogen) atoms. The lowest BCUT2D eigenvalue weighted by Crippen LogP contribution is -2.49. The van der Waals surface area contributed by atoms with Crippen LogP contribution in [-0.2, 0) is 9.53 Å². The van der Waals surface area contributed by atoms with Crippen LogP contribution in [0.1, 0.15) is 53.4 Å². The third kappa shape index (κ3) is 5.37. The van der Waals surface area contributed by atoms with Gasteiger partial charge in [-0.1, -0.05) is 0 Å². The van der Waals surface area contributed by atoms with Crippen LogP contribution in [0, 0.1) is 5.92 Å². The third-order valence-corrected chi connectivity index (χ3v) is 4.51. The van der Waals surface area contributed by atoms with Crippen molar-refractivity contribution in [1.29, 1.82) is 0 Å². The molecule has 0 bridgehead atoms. The second-order valence-corrected chi connectivity index (χ2v) is 7.83. The molecule has 0 aromatic rings. The second-order valence-electron chi connectivity index (χ2n) is 7.83. The zero-order chi connectivity index (χ0) is 17.0. The predicted molar refractivity (Wildman–Crippen MR) is 89.2 cm³/mol. The number of likely N-dealkylation sites (tertiary alicyclic amines) is 1. The van der Waals surface area contributed by atoms with E-state index < -0.39 is 5.60 Å². The van der Waals surface area contributed by atoms with Crippen LogP contribution in [0.15, 0.2) is 0 Å². The van der Waals surface area contributed by atoms with Crippen LogP contribution in [0.3, 0.4) is 0 Å². The second kappa shape index (κ2) is 7.51. The van der Waals surface area contributed by atoms with E-state index >= 15 is 0 Å². The molecule has 0 radical (unpaired) electrons. The number of amides is 2. The van der Waals surface area contributed by atoms with E-state index in [2.05, 4.69) is 17.6 Å². The highest BCUT2D eigenvalue weighted by atomic mass is 16.6. The van der Waals surface area contributed by atoms with Gasteiger partial charge in [-0.3, -0.25) is 9.69 Å². The summed E-state index contributed by atoms with van der Waals surface area (Å²) in [5.41, 5.74) is -0.537. The van der Waals surface area contributed by atoms with Crippen molar-refractivity contribution in [2.45, 2.75) is 71.1 Å². The van der Waals surface area contributed by atoms with Crippen LogP contribution >= 0.6 is 0 Å². The number of nitrogens with zero attached hydrogens (tertiary/aromatic N) is 1. The van der Waals surface area contributed by atoms with Crippen LogP contribution in [0.2, 0.25) is 0 Å². The fourth-order valence-electron chi connectivity index (χ4n) is 3.17. The summed E-state index contributed by atoms with van der Waals surface area (Å²) >= 11 is 0. The molecule has 2 saturated heterocycles. The summed E-state index contributed by atoms with van der Waals surface area (Å²) in [4.78, 5) is 26.3. The average Bonchev–Trinajstić information content (AvgIpc) is 2.94. The minimum Gasteiger partial charge on any atom is -0.444 e. The summed E-state index contributed by atoms with van der Waals surface area (Å²) in [7, 11) is 0. The zero-order valence-corrected chi connectivity index (χ0v) is 14.9. The lowest BCUT2D eigenvalue weighted by molar-refractivity contribution is -0.125.